The number of carbonyl (C=O) groups excluding carboxylic acids is 1. The summed E-state index contributed by atoms with van der Waals surface area (Å²) < 4.78 is 45.3. The van der Waals surface area contributed by atoms with Crippen LogP contribution < -0.4 is 17.0 Å². The molecule has 3 aromatic carbocycles. The van der Waals surface area contributed by atoms with Crippen molar-refractivity contribution in [3.8, 4) is 5.69 Å². The summed E-state index contributed by atoms with van der Waals surface area (Å²) in [4.78, 5) is 44.4. The fourth-order valence-corrected chi connectivity index (χ4v) is 6.18. The lowest BCUT2D eigenvalue weighted by atomic mass is 9.73. The molecule has 216 valence electrons. The van der Waals surface area contributed by atoms with Crippen molar-refractivity contribution >= 4 is 27.7 Å². The highest BCUT2D eigenvalue weighted by Crippen LogP contribution is 2.48. The molecule has 5 aromatic rings. The van der Waals surface area contributed by atoms with Crippen LogP contribution in [0.15, 0.2) is 58.1 Å². The third-order valence-electron chi connectivity index (χ3n) is 8.25. The molecule has 0 fully saturated rings. The Morgan fingerprint density at radius 2 is 1.81 bits per heavy atom. The number of aliphatic hydroxyl groups is 1. The SMILES string of the molecule is Cc1c([C@H]2c3c([nH]c4cc(C(C)(C)O)ccc34)[C@@H](C(N)=O)CC2F)cccc1-n1c(=O)[nH]c2c(F)cc(F)cc2c1=O. The number of hydrogen-bond acceptors (Lipinski definition) is 4. The number of H-pyrrole nitrogens is 2. The lowest BCUT2D eigenvalue weighted by Gasteiger charge is -2.32. The molecule has 2 heterocycles. The molecule has 3 atom stereocenters. The summed E-state index contributed by atoms with van der Waals surface area (Å²) in [7, 11) is 0. The Morgan fingerprint density at radius 3 is 2.50 bits per heavy atom. The minimum Gasteiger partial charge on any atom is -0.386 e. The van der Waals surface area contributed by atoms with Gasteiger partial charge in [0.1, 0.15) is 12.0 Å². The van der Waals surface area contributed by atoms with Crippen LogP contribution in [0.1, 0.15) is 60.1 Å². The number of alkyl halides is 1. The lowest BCUT2D eigenvalue weighted by molar-refractivity contribution is -0.120. The fraction of sp³-hybridized carbons (Fsp3) is 0.258. The molecule has 1 aliphatic carbocycles. The van der Waals surface area contributed by atoms with Crippen LogP contribution >= 0.6 is 0 Å². The number of rotatable bonds is 4. The van der Waals surface area contributed by atoms with Crippen molar-refractivity contribution in [2.45, 2.75) is 50.8 Å². The maximum absolute atomic E-state index is 16.2. The predicted molar refractivity (Wildman–Crippen MR) is 152 cm³/mol. The van der Waals surface area contributed by atoms with Crippen molar-refractivity contribution in [2.75, 3.05) is 0 Å². The van der Waals surface area contributed by atoms with E-state index in [1.54, 1.807) is 51.1 Å². The Labute approximate surface area is 236 Å². The highest BCUT2D eigenvalue weighted by Gasteiger charge is 2.42. The zero-order chi connectivity index (χ0) is 30.2. The van der Waals surface area contributed by atoms with Gasteiger partial charge in [-0.1, -0.05) is 24.3 Å². The van der Waals surface area contributed by atoms with Gasteiger partial charge in [0.2, 0.25) is 5.91 Å². The van der Waals surface area contributed by atoms with E-state index in [1.807, 2.05) is 0 Å². The van der Waals surface area contributed by atoms with Gasteiger partial charge in [-0.25, -0.2) is 22.5 Å². The van der Waals surface area contributed by atoms with E-state index in [0.717, 1.165) is 10.6 Å². The first-order chi connectivity index (χ1) is 19.8. The molecular formula is C31H27F3N4O4. The van der Waals surface area contributed by atoms with Gasteiger partial charge in [-0.2, -0.15) is 0 Å². The first-order valence-electron chi connectivity index (χ1n) is 13.3. The van der Waals surface area contributed by atoms with Gasteiger partial charge in [-0.05, 0) is 67.6 Å². The first kappa shape index (κ1) is 27.5. The Bertz CT molecular complexity index is 2050. The van der Waals surface area contributed by atoms with Crippen LogP contribution in [-0.4, -0.2) is 31.7 Å². The number of aromatic amines is 2. The fourth-order valence-electron chi connectivity index (χ4n) is 6.18. The maximum atomic E-state index is 16.2. The van der Waals surface area contributed by atoms with Crippen molar-refractivity contribution in [2.24, 2.45) is 5.73 Å². The topological polar surface area (TPSA) is 134 Å². The normalized spacial score (nSPS) is 18.9. The van der Waals surface area contributed by atoms with Gasteiger partial charge >= 0.3 is 5.69 Å². The smallest absolute Gasteiger partial charge is 0.333 e. The van der Waals surface area contributed by atoms with Crippen LogP contribution in [0.25, 0.3) is 27.5 Å². The second-order valence-corrected chi connectivity index (χ2v) is 11.3. The van der Waals surface area contributed by atoms with E-state index in [0.29, 0.717) is 44.9 Å². The summed E-state index contributed by atoms with van der Waals surface area (Å²) in [6, 6.07) is 11.4. The van der Waals surface area contributed by atoms with E-state index in [1.165, 1.54) is 6.07 Å². The van der Waals surface area contributed by atoms with Crippen LogP contribution in [0, 0.1) is 18.6 Å². The Hall–Kier alpha value is -4.64. The molecule has 1 unspecified atom stereocenters. The third-order valence-corrected chi connectivity index (χ3v) is 8.25. The van der Waals surface area contributed by atoms with Gasteiger partial charge in [0.15, 0.2) is 5.82 Å². The standard InChI is InChI=1S/C31H27F3N4O4/c1-13-16(5-4-6-23(13)38-29(40)19-10-15(32)11-21(34)26(19)37-30(38)41)24-20(33)12-18(28(35)39)27-25(24)17-8-7-14(31(2,3)42)9-22(17)36-27/h4-11,18,20,24,36,42H,12H2,1-3H3,(H2,35,39)(H,37,41)/t18-,20?,24+/m0/s1. The molecule has 0 spiro atoms. The largest absolute Gasteiger partial charge is 0.386 e. The number of primary amides is 1. The van der Waals surface area contributed by atoms with Crippen LogP contribution in [0.2, 0.25) is 0 Å². The lowest BCUT2D eigenvalue weighted by Crippen LogP contribution is -2.35. The van der Waals surface area contributed by atoms with Crippen LogP contribution in [-0.2, 0) is 10.4 Å². The quantitative estimate of drug-likeness (QED) is 0.252. The molecule has 1 amide bonds. The first-order valence-corrected chi connectivity index (χ1v) is 13.3. The highest BCUT2D eigenvalue weighted by atomic mass is 19.1. The number of aromatic nitrogens is 3. The average Bonchev–Trinajstić information content (AvgIpc) is 3.28. The molecule has 8 nitrogen and oxygen atoms in total. The van der Waals surface area contributed by atoms with Gasteiger partial charge in [0.25, 0.3) is 5.56 Å². The molecule has 2 aromatic heterocycles. The molecule has 1 aliphatic rings. The maximum Gasteiger partial charge on any atom is 0.333 e. The van der Waals surface area contributed by atoms with Gasteiger partial charge in [-0.15, -0.1) is 0 Å². The average molecular weight is 577 g/mol. The van der Waals surface area contributed by atoms with Crippen molar-refractivity contribution < 1.29 is 23.1 Å². The van der Waals surface area contributed by atoms with Crippen molar-refractivity contribution in [1.82, 2.24) is 14.5 Å². The molecule has 0 aliphatic heterocycles. The number of hydrogen-bond donors (Lipinski definition) is 4. The monoisotopic (exact) mass is 576 g/mol. The molecule has 0 saturated carbocycles. The molecule has 0 radical (unpaired) electrons. The molecule has 5 N–H and O–H groups in total. The van der Waals surface area contributed by atoms with Gasteiger partial charge < -0.3 is 20.8 Å². The summed E-state index contributed by atoms with van der Waals surface area (Å²) >= 11 is 0. The van der Waals surface area contributed by atoms with E-state index < -0.39 is 57.9 Å². The summed E-state index contributed by atoms with van der Waals surface area (Å²) in [5.74, 6) is -4.59. The zero-order valence-corrected chi connectivity index (χ0v) is 22.9. The highest BCUT2D eigenvalue weighted by molar-refractivity contribution is 5.91. The summed E-state index contributed by atoms with van der Waals surface area (Å²) in [5, 5.41) is 10.8. The Morgan fingerprint density at radius 1 is 1.07 bits per heavy atom. The van der Waals surface area contributed by atoms with Gasteiger partial charge in [0.05, 0.1) is 28.1 Å². The molecular weight excluding hydrogens is 549 g/mol. The molecule has 11 heteroatoms. The number of amides is 1. The van der Waals surface area contributed by atoms with Crippen molar-refractivity contribution in [3.05, 3.63) is 109 Å². The predicted octanol–water partition coefficient (Wildman–Crippen LogP) is 4.42. The zero-order valence-electron chi connectivity index (χ0n) is 22.9. The third kappa shape index (κ3) is 4.14. The second kappa shape index (κ2) is 9.45. The van der Waals surface area contributed by atoms with E-state index in [9.17, 15) is 28.3 Å². The molecule has 0 bridgehead atoms. The van der Waals surface area contributed by atoms with Crippen LogP contribution in [0.4, 0.5) is 13.2 Å². The second-order valence-electron chi connectivity index (χ2n) is 11.3. The number of nitrogens with one attached hydrogen (secondary N) is 2. The number of nitrogens with two attached hydrogens (primary N) is 1. The van der Waals surface area contributed by atoms with Gasteiger partial charge in [0, 0.05) is 28.6 Å². The minimum absolute atomic E-state index is 0.111. The van der Waals surface area contributed by atoms with Gasteiger partial charge in [-0.3, -0.25) is 9.59 Å². The molecule has 6 rings (SSSR count). The number of fused-ring (bicyclic) bond motifs is 4. The van der Waals surface area contributed by atoms with E-state index in [2.05, 4.69) is 9.97 Å². The van der Waals surface area contributed by atoms with E-state index in [4.69, 9.17) is 5.73 Å². The van der Waals surface area contributed by atoms with Crippen molar-refractivity contribution in [3.63, 3.8) is 0 Å². The number of benzene rings is 3. The Kier molecular flexibility index (Phi) is 6.19. The summed E-state index contributed by atoms with van der Waals surface area (Å²) in [6.45, 7) is 4.90. The van der Waals surface area contributed by atoms with E-state index >= 15 is 4.39 Å². The van der Waals surface area contributed by atoms with Crippen LogP contribution in [0.5, 0.6) is 0 Å². The molecule has 42 heavy (non-hydrogen) atoms. The summed E-state index contributed by atoms with van der Waals surface area (Å²) in [5.41, 5.74) is 5.36. The van der Waals surface area contributed by atoms with Crippen LogP contribution in [0.3, 0.4) is 0 Å². The summed E-state index contributed by atoms with van der Waals surface area (Å²) in [6.07, 6.45) is -1.76. The van der Waals surface area contributed by atoms with E-state index in [-0.39, 0.29) is 17.5 Å². The Balaban J connectivity index is 1.60. The number of halogens is 3. The minimum atomic E-state index is -1.56. The number of nitrogens with zero attached hydrogens (tertiary/aromatic N) is 1. The number of carbonyl (C=O) groups is 1. The van der Waals surface area contributed by atoms with Crippen molar-refractivity contribution in [1.29, 1.82) is 0 Å². The molecule has 0 saturated heterocycles.